The van der Waals surface area contributed by atoms with Crippen LogP contribution in [-0.2, 0) is 15.8 Å². The summed E-state index contributed by atoms with van der Waals surface area (Å²) in [4.78, 5) is 43.7. The van der Waals surface area contributed by atoms with Gasteiger partial charge in [0.15, 0.2) is 11.7 Å². The van der Waals surface area contributed by atoms with Crippen molar-refractivity contribution in [3.63, 3.8) is 0 Å². The second kappa shape index (κ2) is 9.84. The number of hydrogen-bond donors (Lipinski definition) is 1. The first-order chi connectivity index (χ1) is 18.8. The van der Waals surface area contributed by atoms with E-state index >= 15 is 0 Å². The summed E-state index contributed by atoms with van der Waals surface area (Å²) in [5, 5.41) is 7.32. The highest BCUT2D eigenvalue weighted by Gasteiger charge is 2.38. The molecule has 0 aliphatic carbocycles. The van der Waals surface area contributed by atoms with Gasteiger partial charge in [-0.25, -0.2) is 8.78 Å². The fourth-order valence-corrected chi connectivity index (χ4v) is 4.64. The van der Waals surface area contributed by atoms with Gasteiger partial charge in [0, 0.05) is 37.9 Å². The summed E-state index contributed by atoms with van der Waals surface area (Å²) in [6, 6.07) is 4.78. The Hall–Kier alpha value is -4.62. The van der Waals surface area contributed by atoms with Crippen molar-refractivity contribution in [2.45, 2.75) is 18.3 Å². The monoisotopic (exact) mass is 560 g/mol. The van der Waals surface area contributed by atoms with E-state index in [9.17, 15) is 36.3 Å². The van der Waals surface area contributed by atoms with Gasteiger partial charge in [-0.05, 0) is 18.2 Å². The number of pyridine rings is 1. The summed E-state index contributed by atoms with van der Waals surface area (Å²) >= 11 is 0. The SMILES string of the molecule is C=C(F)C(=O)N1CC(NC(=O)c2ccnc3c(-c4ccc(C(F)(F)F)cc4)nn(C4CN(C(=O)C(=C)F)C4)c23)C1. The van der Waals surface area contributed by atoms with Gasteiger partial charge in [-0.2, -0.15) is 18.3 Å². The van der Waals surface area contributed by atoms with Crippen LogP contribution in [0.1, 0.15) is 22.0 Å². The van der Waals surface area contributed by atoms with E-state index in [4.69, 9.17) is 0 Å². The Kier molecular flexibility index (Phi) is 6.64. The lowest BCUT2D eigenvalue weighted by Crippen LogP contribution is -2.61. The molecule has 0 unspecified atom stereocenters. The summed E-state index contributed by atoms with van der Waals surface area (Å²) in [7, 11) is 0. The first kappa shape index (κ1) is 27.0. The quantitative estimate of drug-likeness (QED) is 0.368. The molecule has 2 fully saturated rings. The van der Waals surface area contributed by atoms with E-state index in [1.165, 1.54) is 38.9 Å². The first-order valence-corrected chi connectivity index (χ1v) is 12.0. The minimum Gasteiger partial charge on any atom is -0.346 e. The van der Waals surface area contributed by atoms with Crippen LogP contribution >= 0.6 is 0 Å². The number of hydrogen-bond acceptors (Lipinski definition) is 5. The minimum atomic E-state index is -4.54. The van der Waals surface area contributed by atoms with E-state index in [1.807, 2.05) is 0 Å². The van der Waals surface area contributed by atoms with E-state index in [0.29, 0.717) is 5.56 Å². The fourth-order valence-electron chi connectivity index (χ4n) is 4.64. The maximum Gasteiger partial charge on any atom is 0.416 e. The third-order valence-corrected chi connectivity index (χ3v) is 6.78. The van der Waals surface area contributed by atoms with Crippen LogP contribution in [0.4, 0.5) is 22.0 Å². The molecule has 2 saturated heterocycles. The molecule has 3 aromatic rings. The second-order valence-corrected chi connectivity index (χ2v) is 9.48. The lowest BCUT2D eigenvalue weighted by Gasteiger charge is -2.39. The molecule has 0 saturated carbocycles. The number of likely N-dealkylation sites (tertiary alicyclic amines) is 2. The normalized spacial score (nSPS) is 15.9. The topological polar surface area (TPSA) is 100 Å². The van der Waals surface area contributed by atoms with Crippen molar-refractivity contribution in [1.29, 1.82) is 0 Å². The molecule has 3 amide bonds. The zero-order chi connectivity index (χ0) is 28.9. The van der Waals surface area contributed by atoms with Gasteiger partial charge in [-0.3, -0.25) is 24.0 Å². The number of amides is 3. The average Bonchev–Trinajstić information content (AvgIpc) is 3.23. The molecule has 1 aromatic carbocycles. The number of carbonyl (C=O) groups is 3. The number of aromatic nitrogens is 3. The van der Waals surface area contributed by atoms with Gasteiger partial charge in [-0.1, -0.05) is 25.3 Å². The van der Waals surface area contributed by atoms with Gasteiger partial charge in [0.25, 0.3) is 17.7 Å². The molecule has 0 spiro atoms. The predicted molar refractivity (Wildman–Crippen MR) is 132 cm³/mol. The average molecular weight is 560 g/mol. The molecule has 2 aromatic heterocycles. The van der Waals surface area contributed by atoms with Crippen LogP contribution in [0.3, 0.4) is 0 Å². The van der Waals surface area contributed by atoms with Crippen LogP contribution < -0.4 is 5.32 Å². The predicted octanol–water partition coefficient (Wildman–Crippen LogP) is 3.41. The Balaban J connectivity index is 1.49. The van der Waals surface area contributed by atoms with Gasteiger partial charge < -0.3 is 15.1 Å². The number of nitrogens with one attached hydrogen (secondary N) is 1. The van der Waals surface area contributed by atoms with Crippen LogP contribution in [-0.4, -0.2) is 74.5 Å². The molecule has 40 heavy (non-hydrogen) atoms. The van der Waals surface area contributed by atoms with E-state index in [2.05, 4.69) is 28.6 Å². The number of halogens is 5. The van der Waals surface area contributed by atoms with Crippen molar-refractivity contribution < 1.29 is 36.3 Å². The van der Waals surface area contributed by atoms with E-state index < -0.39 is 53.2 Å². The van der Waals surface area contributed by atoms with Gasteiger partial charge in [0.05, 0.1) is 23.2 Å². The van der Waals surface area contributed by atoms with Crippen LogP contribution in [0, 0.1) is 0 Å². The van der Waals surface area contributed by atoms with Crippen LogP contribution in [0.5, 0.6) is 0 Å². The maximum atomic E-state index is 13.3. The van der Waals surface area contributed by atoms with Crippen molar-refractivity contribution in [2.75, 3.05) is 26.2 Å². The molecule has 2 aliphatic rings. The van der Waals surface area contributed by atoms with Gasteiger partial charge >= 0.3 is 6.18 Å². The zero-order valence-electron chi connectivity index (χ0n) is 20.7. The Morgan fingerprint density at radius 1 is 0.900 bits per heavy atom. The Bertz CT molecular complexity index is 1550. The van der Waals surface area contributed by atoms with Crippen molar-refractivity contribution >= 4 is 28.8 Å². The molecule has 0 radical (unpaired) electrons. The molecule has 2 aliphatic heterocycles. The van der Waals surface area contributed by atoms with Crippen LogP contribution in [0.2, 0.25) is 0 Å². The molecular formula is C26H21F5N6O3. The van der Waals surface area contributed by atoms with Gasteiger partial charge in [0.2, 0.25) is 0 Å². The molecule has 4 heterocycles. The van der Waals surface area contributed by atoms with Crippen molar-refractivity contribution in [3.05, 3.63) is 72.5 Å². The molecule has 14 heteroatoms. The molecule has 1 N–H and O–H groups in total. The summed E-state index contributed by atoms with van der Waals surface area (Å²) in [5.41, 5.74) is 0.291. The summed E-state index contributed by atoms with van der Waals surface area (Å²) in [6.45, 7) is 6.22. The van der Waals surface area contributed by atoms with Crippen molar-refractivity contribution in [2.24, 2.45) is 0 Å². The number of benzene rings is 1. The Morgan fingerprint density at radius 3 is 2.02 bits per heavy atom. The highest BCUT2D eigenvalue weighted by Crippen LogP contribution is 2.35. The second-order valence-electron chi connectivity index (χ2n) is 9.48. The number of nitrogens with zero attached hydrogens (tertiary/aromatic N) is 5. The maximum absolute atomic E-state index is 13.3. The molecule has 5 rings (SSSR count). The Morgan fingerprint density at radius 2 is 1.48 bits per heavy atom. The molecule has 208 valence electrons. The molecule has 0 atom stereocenters. The first-order valence-electron chi connectivity index (χ1n) is 12.0. The lowest BCUT2D eigenvalue weighted by molar-refractivity contribution is -0.137. The third kappa shape index (κ3) is 4.80. The summed E-state index contributed by atoms with van der Waals surface area (Å²) in [5.74, 6) is -4.53. The summed E-state index contributed by atoms with van der Waals surface area (Å²) in [6.07, 6.45) is -3.19. The molecule has 9 nitrogen and oxygen atoms in total. The van der Waals surface area contributed by atoms with E-state index in [0.717, 1.165) is 12.1 Å². The number of carbonyl (C=O) groups excluding carboxylic acids is 3. The van der Waals surface area contributed by atoms with Gasteiger partial charge in [0.1, 0.15) is 16.7 Å². The Labute approximate surface area is 223 Å². The molecule has 0 bridgehead atoms. The summed E-state index contributed by atoms with van der Waals surface area (Å²) < 4.78 is 67.2. The van der Waals surface area contributed by atoms with Gasteiger partial charge in [-0.15, -0.1) is 0 Å². The third-order valence-electron chi connectivity index (χ3n) is 6.78. The minimum absolute atomic E-state index is 0.0494. The van der Waals surface area contributed by atoms with Crippen LogP contribution in [0.15, 0.2) is 61.3 Å². The lowest BCUT2D eigenvalue weighted by atomic mass is 10.0. The van der Waals surface area contributed by atoms with Crippen molar-refractivity contribution in [3.8, 4) is 11.3 Å². The fraction of sp³-hybridized carbons (Fsp3) is 0.269. The molecular weight excluding hydrogens is 539 g/mol. The zero-order valence-corrected chi connectivity index (χ0v) is 20.7. The highest BCUT2D eigenvalue weighted by molar-refractivity contribution is 6.07. The number of rotatable bonds is 6. The van der Waals surface area contributed by atoms with Crippen LogP contribution in [0.25, 0.3) is 22.3 Å². The number of alkyl halides is 3. The van der Waals surface area contributed by atoms with E-state index in [-0.39, 0.29) is 48.5 Å². The smallest absolute Gasteiger partial charge is 0.346 e. The van der Waals surface area contributed by atoms with Crippen molar-refractivity contribution in [1.82, 2.24) is 29.9 Å². The number of fused-ring (bicyclic) bond motifs is 1. The largest absolute Gasteiger partial charge is 0.416 e. The standard InChI is InChI=1S/C26H21F5N6O3/c1-13(27)24(39)35-9-17(10-35)33-23(38)19-7-8-32-21-20(15-3-5-16(6-4-15)26(29,30)31)34-37(22(19)21)18-11-36(12-18)25(40)14(2)28/h3-8,17-18H,1-2,9-12H2,(H,33,38). The van der Waals surface area contributed by atoms with E-state index in [1.54, 1.807) is 0 Å². The highest BCUT2D eigenvalue weighted by atomic mass is 19.4.